The molecule has 0 aliphatic heterocycles. The fourth-order valence-electron chi connectivity index (χ4n) is 1.85. The number of hydrogen-bond acceptors (Lipinski definition) is 2. The molecule has 1 aromatic heterocycles. The van der Waals surface area contributed by atoms with E-state index in [1.807, 2.05) is 18.2 Å². The smallest absolute Gasteiger partial charge is 0.297 e. The Morgan fingerprint density at radius 3 is 2.33 bits per heavy atom. The lowest BCUT2D eigenvalue weighted by atomic mass is 10.1. The van der Waals surface area contributed by atoms with Gasteiger partial charge in [-0.2, -0.15) is 0 Å². The van der Waals surface area contributed by atoms with E-state index in [-0.39, 0.29) is 16.8 Å². The lowest BCUT2D eigenvalue weighted by Gasteiger charge is -2.11. The molecule has 0 saturated heterocycles. The van der Waals surface area contributed by atoms with Gasteiger partial charge >= 0.3 is 5.69 Å². The zero-order chi connectivity index (χ0) is 13.3. The van der Waals surface area contributed by atoms with Crippen LogP contribution < -0.4 is 11.2 Å². The van der Waals surface area contributed by atoms with Crippen molar-refractivity contribution in [1.82, 2.24) is 9.55 Å². The van der Waals surface area contributed by atoms with Crippen molar-refractivity contribution in [3.8, 4) is 11.1 Å². The van der Waals surface area contributed by atoms with Crippen LogP contribution in [0.1, 0.15) is 19.9 Å². The highest BCUT2D eigenvalue weighted by Gasteiger charge is 2.15. The van der Waals surface area contributed by atoms with Crippen LogP contribution in [0.4, 0.5) is 0 Å². The molecule has 0 aliphatic rings. The highest BCUT2D eigenvalue weighted by atomic mass is 35.5. The summed E-state index contributed by atoms with van der Waals surface area (Å²) in [7, 11) is 0. The summed E-state index contributed by atoms with van der Waals surface area (Å²) in [5, 5.41) is 0.0769. The van der Waals surface area contributed by atoms with Gasteiger partial charge in [-0.25, -0.2) is 4.79 Å². The van der Waals surface area contributed by atoms with Gasteiger partial charge in [0.25, 0.3) is 5.56 Å². The maximum Gasteiger partial charge on any atom is 0.329 e. The van der Waals surface area contributed by atoms with E-state index in [0.29, 0.717) is 11.1 Å². The maximum atomic E-state index is 12.3. The lowest BCUT2D eigenvalue weighted by Crippen LogP contribution is -2.37. The predicted molar refractivity (Wildman–Crippen MR) is 72.2 cm³/mol. The van der Waals surface area contributed by atoms with Gasteiger partial charge < -0.3 is 0 Å². The van der Waals surface area contributed by atoms with Gasteiger partial charge in [0.2, 0.25) is 0 Å². The van der Waals surface area contributed by atoms with Crippen LogP contribution in [0, 0.1) is 0 Å². The average molecular weight is 265 g/mol. The van der Waals surface area contributed by atoms with Crippen molar-refractivity contribution in [3.63, 3.8) is 0 Å². The number of aromatic nitrogens is 2. The number of nitrogens with zero attached hydrogens (tertiary/aromatic N) is 1. The molecule has 0 bridgehead atoms. The molecule has 1 heterocycles. The molecule has 0 radical (unpaired) electrons. The van der Waals surface area contributed by atoms with E-state index in [2.05, 4.69) is 4.98 Å². The monoisotopic (exact) mass is 264 g/mol. The number of nitrogens with one attached hydrogen (secondary N) is 1. The summed E-state index contributed by atoms with van der Waals surface area (Å²) < 4.78 is 1.16. The Labute approximate surface area is 109 Å². The Morgan fingerprint density at radius 2 is 1.78 bits per heavy atom. The van der Waals surface area contributed by atoms with Crippen LogP contribution in [0.25, 0.3) is 11.1 Å². The van der Waals surface area contributed by atoms with E-state index in [9.17, 15) is 9.59 Å². The van der Waals surface area contributed by atoms with Gasteiger partial charge in [0.05, 0.1) is 5.56 Å². The molecule has 2 rings (SSSR count). The second kappa shape index (κ2) is 4.82. The van der Waals surface area contributed by atoms with Gasteiger partial charge in [0.1, 0.15) is 5.15 Å². The third-order valence-electron chi connectivity index (χ3n) is 2.67. The van der Waals surface area contributed by atoms with Crippen molar-refractivity contribution in [3.05, 3.63) is 56.3 Å². The van der Waals surface area contributed by atoms with Crippen LogP contribution in [0.2, 0.25) is 5.15 Å². The maximum absolute atomic E-state index is 12.3. The molecule has 0 amide bonds. The zero-order valence-electron chi connectivity index (χ0n) is 10.1. The standard InChI is InChI=1S/C13H13ClN2O2/c1-8(2)16-12(17)10(11(14)15-13(16)18)9-6-4-3-5-7-9/h3-8H,1-2H3,(H,15,18). The first-order valence-electron chi connectivity index (χ1n) is 5.62. The molecule has 5 heteroatoms. The van der Waals surface area contributed by atoms with Crippen LogP contribution in [0.15, 0.2) is 39.9 Å². The van der Waals surface area contributed by atoms with Crippen molar-refractivity contribution in [2.45, 2.75) is 19.9 Å². The molecule has 0 fully saturated rings. The van der Waals surface area contributed by atoms with Crippen molar-refractivity contribution in [2.24, 2.45) is 0 Å². The fourth-order valence-corrected chi connectivity index (χ4v) is 2.12. The summed E-state index contributed by atoms with van der Waals surface area (Å²) in [5.74, 6) is 0. The first kappa shape index (κ1) is 12.6. The van der Waals surface area contributed by atoms with E-state index < -0.39 is 5.69 Å². The minimum absolute atomic E-state index is 0.0769. The first-order chi connectivity index (χ1) is 8.52. The summed E-state index contributed by atoms with van der Waals surface area (Å²) in [6.45, 7) is 3.55. The summed E-state index contributed by atoms with van der Waals surface area (Å²) in [6.07, 6.45) is 0. The lowest BCUT2D eigenvalue weighted by molar-refractivity contribution is 0.547. The fraction of sp³-hybridized carbons (Fsp3) is 0.231. The van der Waals surface area contributed by atoms with Crippen molar-refractivity contribution in [2.75, 3.05) is 0 Å². The van der Waals surface area contributed by atoms with Crippen molar-refractivity contribution >= 4 is 11.6 Å². The minimum atomic E-state index is -0.486. The Kier molecular flexibility index (Phi) is 3.39. The molecule has 94 valence electrons. The topological polar surface area (TPSA) is 54.9 Å². The number of rotatable bonds is 2. The van der Waals surface area contributed by atoms with Crippen LogP contribution in [-0.4, -0.2) is 9.55 Å². The molecule has 0 unspecified atom stereocenters. The van der Waals surface area contributed by atoms with Crippen LogP contribution in [-0.2, 0) is 0 Å². The molecule has 0 spiro atoms. The number of H-pyrrole nitrogens is 1. The Balaban J connectivity index is 2.81. The molecule has 0 atom stereocenters. The molecule has 2 aromatic rings. The van der Waals surface area contributed by atoms with Gasteiger partial charge in [-0.15, -0.1) is 0 Å². The van der Waals surface area contributed by atoms with Crippen LogP contribution in [0.3, 0.4) is 0 Å². The number of halogens is 1. The second-order valence-corrected chi connectivity index (χ2v) is 4.63. The highest BCUT2D eigenvalue weighted by Crippen LogP contribution is 2.21. The Morgan fingerprint density at radius 1 is 1.17 bits per heavy atom. The summed E-state index contributed by atoms with van der Waals surface area (Å²) in [6, 6.07) is 8.83. The predicted octanol–water partition coefficient (Wildman–Crippen LogP) is 2.44. The molecular weight excluding hydrogens is 252 g/mol. The second-order valence-electron chi connectivity index (χ2n) is 4.25. The van der Waals surface area contributed by atoms with E-state index in [0.717, 1.165) is 4.57 Å². The summed E-state index contributed by atoms with van der Waals surface area (Å²) >= 11 is 5.98. The number of aromatic amines is 1. The quantitative estimate of drug-likeness (QED) is 0.847. The molecule has 0 saturated carbocycles. The Hall–Kier alpha value is -1.81. The molecular formula is C13H13ClN2O2. The van der Waals surface area contributed by atoms with Gasteiger partial charge in [0.15, 0.2) is 0 Å². The summed E-state index contributed by atoms with van der Waals surface area (Å²) in [5.41, 5.74) is 0.161. The Bertz CT molecular complexity index is 672. The molecule has 0 aliphatic carbocycles. The number of hydrogen-bond donors (Lipinski definition) is 1. The minimum Gasteiger partial charge on any atom is -0.297 e. The van der Waals surface area contributed by atoms with E-state index in [4.69, 9.17) is 11.6 Å². The van der Waals surface area contributed by atoms with E-state index in [1.165, 1.54) is 0 Å². The average Bonchev–Trinajstić information content (AvgIpc) is 2.28. The SMILES string of the molecule is CC(C)n1c(=O)[nH]c(Cl)c(-c2ccccc2)c1=O. The third-order valence-corrected chi connectivity index (χ3v) is 2.95. The number of benzene rings is 1. The van der Waals surface area contributed by atoms with E-state index >= 15 is 0 Å². The van der Waals surface area contributed by atoms with E-state index in [1.54, 1.807) is 26.0 Å². The summed E-state index contributed by atoms with van der Waals surface area (Å²) in [4.78, 5) is 26.5. The van der Waals surface area contributed by atoms with Crippen molar-refractivity contribution < 1.29 is 0 Å². The normalized spacial score (nSPS) is 10.9. The van der Waals surface area contributed by atoms with Crippen molar-refractivity contribution in [1.29, 1.82) is 0 Å². The van der Waals surface area contributed by atoms with Gasteiger partial charge in [-0.05, 0) is 19.4 Å². The molecule has 1 N–H and O–H groups in total. The van der Waals surface area contributed by atoms with Crippen LogP contribution >= 0.6 is 11.6 Å². The first-order valence-corrected chi connectivity index (χ1v) is 6.00. The largest absolute Gasteiger partial charge is 0.329 e. The molecule has 18 heavy (non-hydrogen) atoms. The van der Waals surface area contributed by atoms with Gasteiger partial charge in [0, 0.05) is 6.04 Å². The highest BCUT2D eigenvalue weighted by molar-refractivity contribution is 6.32. The third kappa shape index (κ3) is 2.11. The zero-order valence-corrected chi connectivity index (χ0v) is 10.9. The van der Waals surface area contributed by atoms with Crippen LogP contribution in [0.5, 0.6) is 0 Å². The molecule has 4 nitrogen and oxygen atoms in total. The molecule has 1 aromatic carbocycles. The van der Waals surface area contributed by atoms with Gasteiger partial charge in [-0.1, -0.05) is 41.9 Å². The van der Waals surface area contributed by atoms with Gasteiger partial charge in [-0.3, -0.25) is 14.3 Å².